The second kappa shape index (κ2) is 8.63. The maximum Gasteiger partial charge on any atom is 0.421 e. The molecule has 0 spiro atoms. The third-order valence-corrected chi connectivity index (χ3v) is 5.37. The number of anilines is 4. The monoisotopic (exact) mass is 478 g/mol. The first kappa shape index (κ1) is 22.1. The Kier molecular flexibility index (Phi) is 6.36. The molecule has 30 heavy (non-hydrogen) atoms. The molecule has 0 atom stereocenters. The first-order valence-electron chi connectivity index (χ1n) is 9.35. The van der Waals surface area contributed by atoms with Gasteiger partial charge in [0.15, 0.2) is 5.82 Å². The van der Waals surface area contributed by atoms with Crippen molar-refractivity contribution in [3.05, 3.63) is 70.3 Å². The fourth-order valence-corrected chi connectivity index (χ4v) is 3.23. The molecule has 158 valence electrons. The predicted octanol–water partition coefficient (Wildman–Crippen LogP) is 6.92. The average molecular weight is 479 g/mol. The molecular formula is C22H22BrF3N4. The van der Waals surface area contributed by atoms with E-state index < -0.39 is 11.7 Å². The zero-order valence-electron chi connectivity index (χ0n) is 17.1. The van der Waals surface area contributed by atoms with Crippen LogP contribution in [-0.4, -0.2) is 24.1 Å². The zero-order valence-corrected chi connectivity index (χ0v) is 18.7. The van der Waals surface area contributed by atoms with Crippen LogP contribution in [0.15, 0.2) is 59.2 Å². The molecule has 0 amide bonds. The second-order valence-electron chi connectivity index (χ2n) is 7.25. The smallest absolute Gasteiger partial charge is 0.329 e. The van der Waals surface area contributed by atoms with Crippen molar-refractivity contribution in [2.24, 2.45) is 0 Å². The van der Waals surface area contributed by atoms with Crippen molar-refractivity contribution in [2.45, 2.75) is 25.9 Å². The van der Waals surface area contributed by atoms with Gasteiger partial charge in [0, 0.05) is 36.1 Å². The molecule has 0 N–H and O–H groups in total. The topological polar surface area (TPSA) is 32.3 Å². The highest BCUT2D eigenvalue weighted by atomic mass is 79.9. The summed E-state index contributed by atoms with van der Waals surface area (Å²) in [6.07, 6.45) is -3.73. The highest BCUT2D eigenvalue weighted by Gasteiger charge is 2.37. The molecule has 3 aromatic rings. The first-order chi connectivity index (χ1) is 14.1. The molecule has 0 radical (unpaired) electrons. The van der Waals surface area contributed by atoms with E-state index in [4.69, 9.17) is 0 Å². The van der Waals surface area contributed by atoms with Gasteiger partial charge < -0.3 is 9.80 Å². The van der Waals surface area contributed by atoms with Gasteiger partial charge in [0.1, 0.15) is 5.56 Å². The normalized spacial score (nSPS) is 11.6. The van der Waals surface area contributed by atoms with Gasteiger partial charge in [-0.2, -0.15) is 18.2 Å². The molecule has 1 heterocycles. The molecule has 0 aliphatic heterocycles. The minimum Gasteiger partial charge on any atom is -0.329 e. The van der Waals surface area contributed by atoms with Gasteiger partial charge in [0.25, 0.3) is 0 Å². The number of rotatable bonds is 5. The average Bonchev–Trinajstić information content (AvgIpc) is 2.72. The maximum atomic E-state index is 13.7. The maximum absolute atomic E-state index is 13.7. The van der Waals surface area contributed by atoms with E-state index in [9.17, 15) is 13.2 Å². The summed E-state index contributed by atoms with van der Waals surface area (Å²) in [6, 6.07) is 14.8. The fourth-order valence-electron chi connectivity index (χ4n) is 2.97. The van der Waals surface area contributed by atoms with Gasteiger partial charge in [-0.25, -0.2) is 4.98 Å². The van der Waals surface area contributed by atoms with E-state index in [1.165, 1.54) is 4.90 Å². The molecule has 1 aromatic heterocycles. The molecule has 3 rings (SSSR count). The lowest BCUT2D eigenvalue weighted by Gasteiger charge is -2.25. The van der Waals surface area contributed by atoms with Crippen molar-refractivity contribution in [3.8, 4) is 0 Å². The van der Waals surface area contributed by atoms with Crippen molar-refractivity contribution in [1.29, 1.82) is 0 Å². The summed E-state index contributed by atoms with van der Waals surface area (Å²) in [4.78, 5) is 11.3. The highest BCUT2D eigenvalue weighted by molar-refractivity contribution is 9.10. The Bertz CT molecular complexity index is 1000. The van der Waals surface area contributed by atoms with E-state index in [1.807, 2.05) is 36.4 Å². The molecule has 0 saturated carbocycles. The summed E-state index contributed by atoms with van der Waals surface area (Å²) in [7, 11) is 3.29. The van der Waals surface area contributed by atoms with Crippen molar-refractivity contribution in [2.75, 3.05) is 23.9 Å². The standard InChI is InChI=1S/C22H22BrF3N4/c1-14(2)15-5-9-17(10-6-15)29(3)20-19(22(24,25)26)13-27-21(28-20)30(4)18-11-7-16(23)8-12-18/h5-14H,1-4H3. The molecule has 2 aromatic carbocycles. The Morgan fingerprint density at radius 1 is 0.867 bits per heavy atom. The lowest BCUT2D eigenvalue weighted by atomic mass is 10.0. The molecule has 0 saturated heterocycles. The Labute approximate surface area is 182 Å². The summed E-state index contributed by atoms with van der Waals surface area (Å²) in [5.74, 6) is 0.306. The van der Waals surface area contributed by atoms with Gasteiger partial charge in [0.2, 0.25) is 5.95 Å². The molecule has 4 nitrogen and oxygen atoms in total. The number of aromatic nitrogens is 2. The minimum absolute atomic E-state index is 0.172. The third kappa shape index (κ3) is 4.75. The molecule has 0 aliphatic rings. The lowest BCUT2D eigenvalue weighted by molar-refractivity contribution is -0.137. The van der Waals surface area contributed by atoms with Crippen molar-refractivity contribution in [1.82, 2.24) is 9.97 Å². The van der Waals surface area contributed by atoms with E-state index in [2.05, 4.69) is 39.7 Å². The van der Waals surface area contributed by atoms with Crippen molar-refractivity contribution < 1.29 is 13.2 Å². The molecule has 0 unspecified atom stereocenters. The highest BCUT2D eigenvalue weighted by Crippen LogP contribution is 2.38. The fraction of sp³-hybridized carbons (Fsp3) is 0.273. The van der Waals surface area contributed by atoms with Gasteiger partial charge in [-0.05, 0) is 47.9 Å². The summed E-state index contributed by atoms with van der Waals surface area (Å²) >= 11 is 3.37. The van der Waals surface area contributed by atoms with Gasteiger partial charge in [-0.1, -0.05) is 41.9 Å². The minimum atomic E-state index is -4.57. The Morgan fingerprint density at radius 2 is 1.40 bits per heavy atom. The summed E-state index contributed by atoms with van der Waals surface area (Å²) < 4.78 is 41.9. The number of hydrogen-bond donors (Lipinski definition) is 0. The van der Waals surface area contributed by atoms with Crippen LogP contribution >= 0.6 is 15.9 Å². The number of hydrogen-bond acceptors (Lipinski definition) is 4. The van der Waals surface area contributed by atoms with Gasteiger partial charge in [0.05, 0.1) is 0 Å². The van der Waals surface area contributed by atoms with Crippen LogP contribution < -0.4 is 9.80 Å². The molecule has 0 fully saturated rings. The number of nitrogens with zero attached hydrogens (tertiary/aromatic N) is 4. The summed E-state index contributed by atoms with van der Waals surface area (Å²) in [5.41, 5.74) is 1.60. The third-order valence-electron chi connectivity index (χ3n) is 4.84. The predicted molar refractivity (Wildman–Crippen MR) is 118 cm³/mol. The quantitative estimate of drug-likeness (QED) is 0.398. The van der Waals surface area contributed by atoms with Crippen molar-refractivity contribution >= 4 is 39.1 Å². The molecular weight excluding hydrogens is 457 g/mol. The number of benzene rings is 2. The van der Waals surface area contributed by atoms with Crippen molar-refractivity contribution in [3.63, 3.8) is 0 Å². The van der Waals surface area contributed by atoms with Crippen LogP contribution in [0.3, 0.4) is 0 Å². The van der Waals surface area contributed by atoms with Crippen LogP contribution in [0.1, 0.15) is 30.9 Å². The van der Waals surface area contributed by atoms with Gasteiger partial charge >= 0.3 is 6.18 Å². The Balaban J connectivity index is 2.04. The van der Waals surface area contributed by atoms with Crippen LogP contribution in [0.5, 0.6) is 0 Å². The molecule has 0 bridgehead atoms. The van der Waals surface area contributed by atoms with Crippen LogP contribution in [0.2, 0.25) is 0 Å². The summed E-state index contributed by atoms with van der Waals surface area (Å²) in [6.45, 7) is 4.13. The molecule has 8 heteroatoms. The Hall–Kier alpha value is -2.61. The second-order valence-corrected chi connectivity index (χ2v) is 8.16. The first-order valence-corrected chi connectivity index (χ1v) is 10.1. The largest absolute Gasteiger partial charge is 0.421 e. The summed E-state index contributed by atoms with van der Waals surface area (Å²) in [5, 5.41) is 0. The van der Waals surface area contributed by atoms with Crippen LogP contribution in [0.25, 0.3) is 0 Å². The van der Waals surface area contributed by atoms with E-state index in [1.54, 1.807) is 31.1 Å². The van der Waals surface area contributed by atoms with Crippen LogP contribution in [-0.2, 0) is 6.18 Å². The van der Waals surface area contributed by atoms with E-state index in [0.717, 1.165) is 21.9 Å². The van der Waals surface area contributed by atoms with E-state index >= 15 is 0 Å². The van der Waals surface area contributed by atoms with E-state index in [0.29, 0.717) is 11.6 Å². The lowest BCUT2D eigenvalue weighted by Crippen LogP contribution is -2.21. The van der Waals surface area contributed by atoms with E-state index in [-0.39, 0.29) is 11.8 Å². The van der Waals surface area contributed by atoms with Crippen LogP contribution in [0, 0.1) is 0 Å². The zero-order chi connectivity index (χ0) is 22.1. The number of alkyl halides is 3. The SMILES string of the molecule is CC(C)c1ccc(N(C)c2nc(N(C)c3ccc(Br)cc3)ncc2C(F)(F)F)cc1. The Morgan fingerprint density at radius 3 is 1.93 bits per heavy atom. The molecule has 0 aliphatic carbocycles. The number of halogens is 4. The van der Waals surface area contributed by atoms with Gasteiger partial charge in [-0.15, -0.1) is 0 Å². The van der Waals surface area contributed by atoms with Crippen LogP contribution in [0.4, 0.5) is 36.3 Å². The van der Waals surface area contributed by atoms with Gasteiger partial charge in [-0.3, -0.25) is 0 Å².